The lowest BCUT2D eigenvalue weighted by molar-refractivity contribution is 0.0695. The lowest BCUT2D eigenvalue weighted by atomic mass is 10.2. The summed E-state index contributed by atoms with van der Waals surface area (Å²) in [7, 11) is 1.56. The maximum atomic E-state index is 11.6. The second-order valence-corrected chi connectivity index (χ2v) is 4.21. The third kappa shape index (κ3) is 2.43. The molecule has 2 rings (SSSR count). The first-order valence-corrected chi connectivity index (χ1v) is 5.51. The first-order valence-electron chi connectivity index (χ1n) is 5.13. The van der Waals surface area contributed by atoms with Crippen LogP contribution >= 0.6 is 11.6 Å². The Kier molecular flexibility index (Phi) is 3.26. The van der Waals surface area contributed by atoms with E-state index < -0.39 is 17.2 Å². The number of aryl methyl sites for hydroxylation is 1. The number of H-pyrrole nitrogens is 1. The molecule has 0 aliphatic heterocycles. The molecule has 0 unspecified atom stereocenters. The third-order valence-electron chi connectivity index (χ3n) is 2.58. The van der Waals surface area contributed by atoms with Gasteiger partial charge in [-0.25, -0.2) is 9.59 Å². The second kappa shape index (κ2) is 4.73. The lowest BCUT2D eigenvalue weighted by Crippen LogP contribution is -2.30. The largest absolute Gasteiger partial charge is 0.478 e. The maximum Gasteiger partial charge on any atom is 0.339 e. The first-order chi connectivity index (χ1) is 8.90. The molecule has 9 heteroatoms. The van der Waals surface area contributed by atoms with E-state index in [0.29, 0.717) is 5.69 Å². The summed E-state index contributed by atoms with van der Waals surface area (Å²) in [5.74, 6) is -1.15. The molecule has 0 radical (unpaired) electrons. The van der Waals surface area contributed by atoms with E-state index in [0.717, 1.165) is 10.8 Å². The number of halogens is 1. The summed E-state index contributed by atoms with van der Waals surface area (Å²) in [5, 5.41) is 12.7. The van der Waals surface area contributed by atoms with Crippen molar-refractivity contribution < 1.29 is 9.90 Å². The predicted octanol–water partition coefficient (Wildman–Crippen LogP) is -0.330. The van der Waals surface area contributed by atoms with Crippen LogP contribution in [-0.2, 0) is 13.6 Å². The number of carboxylic acids is 1. The number of hydrogen-bond donors (Lipinski definition) is 2. The van der Waals surface area contributed by atoms with Crippen LogP contribution in [0.2, 0.25) is 5.02 Å². The highest BCUT2D eigenvalue weighted by molar-refractivity contribution is 6.30. The molecular formula is C10H9ClN4O4. The molecule has 0 aliphatic rings. The van der Waals surface area contributed by atoms with E-state index >= 15 is 0 Å². The molecule has 8 nitrogen and oxygen atoms in total. The van der Waals surface area contributed by atoms with Crippen LogP contribution in [0.15, 0.2) is 22.0 Å². The number of aromatic nitrogens is 4. The Balaban J connectivity index is 2.50. The van der Waals surface area contributed by atoms with Gasteiger partial charge in [-0.1, -0.05) is 11.6 Å². The van der Waals surface area contributed by atoms with E-state index in [9.17, 15) is 14.4 Å². The Bertz CT molecular complexity index is 758. The number of nitrogens with zero attached hydrogens (tertiary/aromatic N) is 3. The maximum absolute atomic E-state index is 11.6. The molecule has 0 aliphatic carbocycles. The van der Waals surface area contributed by atoms with Gasteiger partial charge in [-0.3, -0.25) is 19.0 Å². The van der Waals surface area contributed by atoms with Crippen LogP contribution in [-0.4, -0.2) is 30.4 Å². The zero-order valence-corrected chi connectivity index (χ0v) is 10.5. The van der Waals surface area contributed by atoms with Gasteiger partial charge >= 0.3 is 11.7 Å². The number of nitrogens with one attached hydrogen (secondary N) is 1. The molecule has 2 heterocycles. The summed E-state index contributed by atoms with van der Waals surface area (Å²) in [4.78, 5) is 35.7. The molecule has 0 aromatic carbocycles. The topological polar surface area (TPSA) is 110 Å². The molecule has 2 N–H and O–H groups in total. The van der Waals surface area contributed by atoms with Gasteiger partial charge in [-0.15, -0.1) is 0 Å². The van der Waals surface area contributed by atoms with Crippen molar-refractivity contribution in [3.63, 3.8) is 0 Å². The van der Waals surface area contributed by atoms with Crippen molar-refractivity contribution in [1.82, 2.24) is 19.3 Å². The second-order valence-electron chi connectivity index (χ2n) is 3.80. The fraction of sp³-hybridized carbons (Fsp3) is 0.200. The van der Waals surface area contributed by atoms with E-state index in [1.807, 2.05) is 4.98 Å². The number of aromatic amines is 1. The predicted molar refractivity (Wildman–Crippen MR) is 65.6 cm³/mol. The molecule has 2 aromatic rings. The van der Waals surface area contributed by atoms with Crippen molar-refractivity contribution in [2.45, 2.75) is 6.54 Å². The fourth-order valence-corrected chi connectivity index (χ4v) is 1.76. The highest BCUT2D eigenvalue weighted by Gasteiger charge is 2.16. The van der Waals surface area contributed by atoms with Crippen LogP contribution in [0.3, 0.4) is 0 Å². The van der Waals surface area contributed by atoms with E-state index in [-0.39, 0.29) is 17.1 Å². The van der Waals surface area contributed by atoms with Crippen molar-refractivity contribution in [2.75, 3.05) is 0 Å². The Hall–Kier alpha value is -2.35. The minimum atomic E-state index is -1.15. The van der Waals surface area contributed by atoms with Crippen molar-refractivity contribution >= 4 is 17.6 Å². The van der Waals surface area contributed by atoms with E-state index in [1.54, 1.807) is 7.05 Å². The monoisotopic (exact) mass is 284 g/mol. The molecule has 0 bridgehead atoms. The molecule has 0 fully saturated rings. The molecule has 0 spiro atoms. The Morgan fingerprint density at radius 2 is 2.21 bits per heavy atom. The zero-order chi connectivity index (χ0) is 14.2. The molecule has 0 saturated heterocycles. The van der Waals surface area contributed by atoms with Crippen molar-refractivity contribution in [2.24, 2.45) is 7.05 Å². The van der Waals surface area contributed by atoms with Gasteiger partial charge in [0.25, 0.3) is 5.56 Å². The van der Waals surface area contributed by atoms with Gasteiger partial charge in [-0.2, -0.15) is 5.10 Å². The molecule has 100 valence electrons. The zero-order valence-electron chi connectivity index (χ0n) is 9.75. The van der Waals surface area contributed by atoms with Gasteiger partial charge in [0.15, 0.2) is 0 Å². The van der Waals surface area contributed by atoms with Gasteiger partial charge in [0.2, 0.25) is 0 Å². The molecule has 19 heavy (non-hydrogen) atoms. The number of aromatic carboxylic acids is 1. The molecule has 2 aromatic heterocycles. The Morgan fingerprint density at radius 1 is 1.53 bits per heavy atom. The number of carbonyl (C=O) groups is 1. The normalized spacial score (nSPS) is 10.6. The van der Waals surface area contributed by atoms with Crippen LogP contribution in [0.1, 0.15) is 16.1 Å². The molecule has 0 amide bonds. The number of carboxylic acid groups (broad SMARTS) is 1. The third-order valence-corrected chi connectivity index (χ3v) is 2.85. The summed E-state index contributed by atoms with van der Waals surface area (Å²) in [5.41, 5.74) is -1.06. The summed E-state index contributed by atoms with van der Waals surface area (Å²) < 4.78 is 2.45. The Morgan fingerprint density at radius 3 is 2.84 bits per heavy atom. The van der Waals surface area contributed by atoms with Crippen molar-refractivity contribution in [3.8, 4) is 0 Å². The standard InChI is InChI=1S/C10H9ClN4O4/c1-14-7(5(2-12-14)9(17)18)4-15-3-6(11)8(16)13-10(15)19/h2-3H,4H2,1H3,(H,17,18)(H,13,16,19). The molecule has 0 atom stereocenters. The SMILES string of the molecule is Cn1ncc(C(=O)O)c1Cn1cc(Cl)c(=O)[nH]c1=O. The minimum absolute atomic E-state index is 0.0169. The molecular weight excluding hydrogens is 276 g/mol. The van der Waals surface area contributed by atoms with E-state index in [1.165, 1.54) is 10.9 Å². The average Bonchev–Trinajstić information content (AvgIpc) is 2.68. The van der Waals surface area contributed by atoms with Crippen molar-refractivity contribution in [1.29, 1.82) is 0 Å². The van der Waals surface area contributed by atoms with Crippen molar-refractivity contribution in [3.05, 3.63) is 49.5 Å². The minimum Gasteiger partial charge on any atom is -0.478 e. The smallest absolute Gasteiger partial charge is 0.339 e. The van der Waals surface area contributed by atoms with Crippen LogP contribution in [0.25, 0.3) is 0 Å². The van der Waals surface area contributed by atoms with Gasteiger partial charge in [0.05, 0.1) is 18.4 Å². The van der Waals surface area contributed by atoms with Crippen LogP contribution in [0.4, 0.5) is 0 Å². The van der Waals surface area contributed by atoms with Crippen LogP contribution in [0.5, 0.6) is 0 Å². The van der Waals surface area contributed by atoms with Gasteiger partial charge < -0.3 is 5.11 Å². The highest BCUT2D eigenvalue weighted by Crippen LogP contribution is 2.09. The summed E-state index contributed by atoms with van der Waals surface area (Å²) in [6, 6.07) is 0. The lowest BCUT2D eigenvalue weighted by Gasteiger charge is -2.07. The van der Waals surface area contributed by atoms with Gasteiger partial charge in [-0.05, 0) is 0 Å². The highest BCUT2D eigenvalue weighted by atomic mass is 35.5. The van der Waals surface area contributed by atoms with Gasteiger partial charge in [0.1, 0.15) is 10.6 Å². The van der Waals surface area contributed by atoms with Crippen LogP contribution in [0, 0.1) is 0 Å². The fourth-order valence-electron chi connectivity index (χ4n) is 1.59. The van der Waals surface area contributed by atoms with E-state index in [4.69, 9.17) is 16.7 Å². The summed E-state index contributed by atoms with van der Waals surface area (Å²) >= 11 is 5.63. The van der Waals surface area contributed by atoms with Gasteiger partial charge in [0, 0.05) is 13.2 Å². The number of rotatable bonds is 3. The van der Waals surface area contributed by atoms with Crippen LogP contribution < -0.4 is 11.2 Å². The quantitative estimate of drug-likeness (QED) is 0.802. The number of hydrogen-bond acceptors (Lipinski definition) is 4. The first kappa shape index (κ1) is 13.1. The Labute approximate surface area is 110 Å². The van der Waals surface area contributed by atoms with E-state index in [2.05, 4.69) is 5.10 Å². The summed E-state index contributed by atoms with van der Waals surface area (Å²) in [6.07, 6.45) is 2.34. The average molecular weight is 285 g/mol. The molecule has 0 saturated carbocycles. The summed E-state index contributed by atoms with van der Waals surface area (Å²) in [6.45, 7) is -0.0620.